The van der Waals surface area contributed by atoms with Crippen LogP contribution in [-0.4, -0.2) is 17.3 Å². The molecule has 5 nitrogen and oxygen atoms in total. The number of methoxy groups -OCH3 is 1. The second kappa shape index (κ2) is 5.73. The molecular formula is C17H14N2O3. The number of aromatic hydroxyl groups is 2. The van der Waals surface area contributed by atoms with Crippen LogP contribution in [0.4, 0.5) is 11.4 Å². The molecule has 110 valence electrons. The van der Waals surface area contributed by atoms with Crippen molar-refractivity contribution < 1.29 is 14.9 Å². The Morgan fingerprint density at radius 2 is 1.55 bits per heavy atom. The lowest BCUT2D eigenvalue weighted by molar-refractivity contribution is 0.416. The summed E-state index contributed by atoms with van der Waals surface area (Å²) in [5, 5.41) is 29.3. The summed E-state index contributed by atoms with van der Waals surface area (Å²) in [6, 6.07) is 15.3. The van der Waals surface area contributed by atoms with Gasteiger partial charge in [0.15, 0.2) is 0 Å². The van der Waals surface area contributed by atoms with Crippen LogP contribution in [0.3, 0.4) is 0 Å². The summed E-state index contributed by atoms with van der Waals surface area (Å²) in [7, 11) is 1.57. The quantitative estimate of drug-likeness (QED) is 0.689. The van der Waals surface area contributed by atoms with Crippen molar-refractivity contribution in [3.8, 4) is 17.2 Å². The van der Waals surface area contributed by atoms with E-state index in [4.69, 9.17) is 4.74 Å². The maximum Gasteiger partial charge on any atom is 0.146 e. The molecule has 0 fully saturated rings. The summed E-state index contributed by atoms with van der Waals surface area (Å²) in [4.78, 5) is 0. The highest BCUT2D eigenvalue weighted by molar-refractivity contribution is 6.00. The van der Waals surface area contributed by atoms with E-state index in [9.17, 15) is 10.2 Å². The molecule has 3 aromatic carbocycles. The van der Waals surface area contributed by atoms with Gasteiger partial charge in [0, 0.05) is 5.39 Å². The summed E-state index contributed by atoms with van der Waals surface area (Å²) in [5.74, 6) is 0.739. The minimum absolute atomic E-state index is 0.0439. The number of nitrogens with zero attached hydrogens (tertiary/aromatic N) is 2. The summed E-state index contributed by atoms with van der Waals surface area (Å²) in [6.07, 6.45) is 0. The average Bonchev–Trinajstić information content (AvgIpc) is 2.55. The first-order valence-electron chi connectivity index (χ1n) is 6.69. The topological polar surface area (TPSA) is 74.4 Å². The molecule has 0 aliphatic carbocycles. The maximum atomic E-state index is 10.0. The average molecular weight is 294 g/mol. The van der Waals surface area contributed by atoms with Crippen molar-refractivity contribution >= 4 is 22.1 Å². The van der Waals surface area contributed by atoms with Crippen LogP contribution >= 0.6 is 0 Å². The van der Waals surface area contributed by atoms with Crippen molar-refractivity contribution in [2.45, 2.75) is 0 Å². The van der Waals surface area contributed by atoms with E-state index < -0.39 is 0 Å². The number of azo groups is 1. The number of benzene rings is 3. The van der Waals surface area contributed by atoms with Gasteiger partial charge in [0.05, 0.1) is 18.2 Å². The van der Waals surface area contributed by atoms with Crippen LogP contribution in [0.5, 0.6) is 17.2 Å². The van der Waals surface area contributed by atoms with Crippen LogP contribution in [-0.2, 0) is 0 Å². The van der Waals surface area contributed by atoms with Crippen molar-refractivity contribution in [1.82, 2.24) is 0 Å². The lowest BCUT2D eigenvalue weighted by Crippen LogP contribution is -1.81. The molecule has 2 N–H and O–H groups in total. The van der Waals surface area contributed by atoms with E-state index in [1.54, 1.807) is 43.5 Å². The SMILES string of the molecule is COc1ccccc1N=Nc1ccc(O)c2cccc(O)c12. The van der Waals surface area contributed by atoms with E-state index in [-0.39, 0.29) is 11.5 Å². The molecule has 0 atom stereocenters. The molecule has 0 aromatic heterocycles. The largest absolute Gasteiger partial charge is 0.507 e. The number of phenols is 2. The Kier molecular flexibility index (Phi) is 3.62. The Bertz CT molecular complexity index is 860. The smallest absolute Gasteiger partial charge is 0.146 e. The third-order valence-electron chi connectivity index (χ3n) is 3.32. The molecule has 0 radical (unpaired) electrons. The molecule has 0 aliphatic heterocycles. The van der Waals surface area contributed by atoms with Crippen molar-refractivity contribution in [3.63, 3.8) is 0 Å². The summed E-state index contributed by atoms with van der Waals surface area (Å²) in [5.41, 5.74) is 1.05. The number of phenolic OH excluding ortho intramolecular Hbond substituents is 2. The van der Waals surface area contributed by atoms with Gasteiger partial charge in [0.1, 0.15) is 22.9 Å². The van der Waals surface area contributed by atoms with Crippen molar-refractivity contribution in [3.05, 3.63) is 54.6 Å². The second-order valence-corrected chi connectivity index (χ2v) is 4.68. The molecule has 3 rings (SSSR count). The number of ether oxygens (including phenoxy) is 1. The predicted octanol–water partition coefficient (Wildman–Crippen LogP) is 4.68. The van der Waals surface area contributed by atoms with Gasteiger partial charge in [-0.25, -0.2) is 0 Å². The van der Waals surface area contributed by atoms with Gasteiger partial charge in [-0.1, -0.05) is 24.3 Å². The first kappa shape index (κ1) is 13.9. The lowest BCUT2D eigenvalue weighted by atomic mass is 10.1. The predicted molar refractivity (Wildman–Crippen MR) is 84.4 cm³/mol. The Hall–Kier alpha value is -3.08. The van der Waals surface area contributed by atoms with Gasteiger partial charge in [-0.2, -0.15) is 0 Å². The molecule has 0 unspecified atom stereocenters. The van der Waals surface area contributed by atoms with E-state index in [1.165, 1.54) is 6.07 Å². The van der Waals surface area contributed by atoms with Gasteiger partial charge in [-0.3, -0.25) is 0 Å². The molecule has 0 spiro atoms. The van der Waals surface area contributed by atoms with Gasteiger partial charge >= 0.3 is 0 Å². The van der Waals surface area contributed by atoms with E-state index in [0.29, 0.717) is 27.9 Å². The van der Waals surface area contributed by atoms with Crippen molar-refractivity contribution in [1.29, 1.82) is 0 Å². The minimum Gasteiger partial charge on any atom is -0.507 e. The van der Waals surface area contributed by atoms with E-state index in [2.05, 4.69) is 10.2 Å². The molecule has 0 bridgehead atoms. The molecule has 22 heavy (non-hydrogen) atoms. The van der Waals surface area contributed by atoms with Gasteiger partial charge in [-0.15, -0.1) is 10.2 Å². The molecule has 0 saturated carbocycles. The van der Waals surface area contributed by atoms with Crippen LogP contribution in [0.1, 0.15) is 0 Å². The lowest BCUT2D eigenvalue weighted by Gasteiger charge is -2.06. The van der Waals surface area contributed by atoms with Crippen molar-refractivity contribution in [2.24, 2.45) is 10.2 Å². The van der Waals surface area contributed by atoms with Gasteiger partial charge in [-0.05, 0) is 30.3 Å². The molecule has 5 heteroatoms. The number of hydrogen-bond acceptors (Lipinski definition) is 5. The molecule has 0 heterocycles. The monoisotopic (exact) mass is 294 g/mol. The van der Waals surface area contributed by atoms with E-state index in [1.807, 2.05) is 12.1 Å². The fourth-order valence-corrected chi connectivity index (χ4v) is 2.26. The zero-order valence-electron chi connectivity index (χ0n) is 11.9. The van der Waals surface area contributed by atoms with Crippen LogP contribution in [0.2, 0.25) is 0 Å². The summed E-state index contributed by atoms with van der Waals surface area (Å²) in [6.45, 7) is 0. The third kappa shape index (κ3) is 2.44. The van der Waals surface area contributed by atoms with Crippen LogP contribution in [0.15, 0.2) is 64.8 Å². The Balaban J connectivity index is 2.12. The zero-order valence-corrected chi connectivity index (χ0v) is 11.9. The fraction of sp³-hybridized carbons (Fsp3) is 0.0588. The number of rotatable bonds is 3. The molecule has 0 saturated heterocycles. The molecule has 0 amide bonds. The number of hydrogen-bond donors (Lipinski definition) is 2. The summed E-state index contributed by atoms with van der Waals surface area (Å²) >= 11 is 0. The number of para-hydroxylation sites is 1. The van der Waals surface area contributed by atoms with E-state index in [0.717, 1.165) is 0 Å². The molecular weight excluding hydrogens is 280 g/mol. The highest BCUT2D eigenvalue weighted by Crippen LogP contribution is 2.39. The van der Waals surface area contributed by atoms with Gasteiger partial charge < -0.3 is 14.9 Å². The highest BCUT2D eigenvalue weighted by atomic mass is 16.5. The fourth-order valence-electron chi connectivity index (χ4n) is 2.26. The first-order chi connectivity index (χ1) is 10.7. The Morgan fingerprint density at radius 3 is 2.36 bits per heavy atom. The third-order valence-corrected chi connectivity index (χ3v) is 3.32. The highest BCUT2D eigenvalue weighted by Gasteiger charge is 2.09. The Morgan fingerprint density at radius 1 is 0.773 bits per heavy atom. The van der Waals surface area contributed by atoms with Crippen molar-refractivity contribution in [2.75, 3.05) is 7.11 Å². The minimum atomic E-state index is 0.0439. The van der Waals surface area contributed by atoms with Crippen LogP contribution in [0, 0.1) is 0 Å². The van der Waals surface area contributed by atoms with Crippen LogP contribution < -0.4 is 4.74 Å². The number of fused-ring (bicyclic) bond motifs is 1. The second-order valence-electron chi connectivity index (χ2n) is 4.68. The first-order valence-corrected chi connectivity index (χ1v) is 6.69. The van der Waals surface area contributed by atoms with E-state index >= 15 is 0 Å². The van der Waals surface area contributed by atoms with Gasteiger partial charge in [0.2, 0.25) is 0 Å². The normalized spacial score (nSPS) is 11.1. The standard InChI is InChI=1S/C17H14N2O3/c1-22-16-8-3-2-6-12(16)18-19-13-9-10-14(20)11-5-4-7-15(21)17(11)13/h2-10,20-21H,1H3. The summed E-state index contributed by atoms with van der Waals surface area (Å²) < 4.78 is 5.22. The zero-order chi connectivity index (χ0) is 15.5. The maximum absolute atomic E-state index is 10.0. The Labute approximate surface area is 127 Å². The van der Waals surface area contributed by atoms with Crippen LogP contribution in [0.25, 0.3) is 10.8 Å². The molecule has 3 aromatic rings. The van der Waals surface area contributed by atoms with Gasteiger partial charge in [0.25, 0.3) is 0 Å². The molecule has 0 aliphatic rings.